The Morgan fingerprint density at radius 1 is 1.19 bits per heavy atom. The Morgan fingerprint density at radius 2 is 1.93 bits per heavy atom. The molecule has 142 valence electrons. The molecule has 2 aromatic carbocycles. The summed E-state index contributed by atoms with van der Waals surface area (Å²) in [7, 11) is 1.35. The molecule has 1 saturated heterocycles. The van der Waals surface area contributed by atoms with Gasteiger partial charge in [-0.05, 0) is 48.7 Å². The van der Waals surface area contributed by atoms with E-state index in [2.05, 4.69) is 10.6 Å². The van der Waals surface area contributed by atoms with Gasteiger partial charge in [0.2, 0.25) is 0 Å². The lowest BCUT2D eigenvalue weighted by Gasteiger charge is -2.32. The van der Waals surface area contributed by atoms with Crippen LogP contribution in [0, 0.1) is 0 Å². The van der Waals surface area contributed by atoms with Crippen LogP contribution in [-0.4, -0.2) is 49.3 Å². The molecule has 0 unspecified atom stereocenters. The Balaban J connectivity index is 1.70. The van der Waals surface area contributed by atoms with Crippen molar-refractivity contribution in [3.8, 4) is 11.1 Å². The van der Waals surface area contributed by atoms with Crippen molar-refractivity contribution in [2.75, 3.05) is 26.7 Å². The molecule has 0 bridgehead atoms. The van der Waals surface area contributed by atoms with E-state index in [1.54, 1.807) is 36.4 Å². The van der Waals surface area contributed by atoms with E-state index in [1.807, 2.05) is 12.1 Å². The highest BCUT2D eigenvalue weighted by Gasteiger charge is 2.29. The van der Waals surface area contributed by atoms with E-state index < -0.39 is 11.6 Å². The molecule has 0 saturated carbocycles. The Labute approximate surface area is 158 Å². The minimum Gasteiger partial charge on any atom is -0.465 e. The lowest BCUT2D eigenvalue weighted by Crippen LogP contribution is -2.52. The highest BCUT2D eigenvalue weighted by molar-refractivity contribution is 5.98. The lowest BCUT2D eigenvalue weighted by molar-refractivity contribution is 0.0170. The molecule has 0 spiro atoms. The maximum Gasteiger partial charge on any atom is 0.338 e. The van der Waals surface area contributed by atoms with Crippen LogP contribution in [-0.2, 0) is 4.74 Å². The zero-order valence-corrected chi connectivity index (χ0v) is 15.3. The summed E-state index contributed by atoms with van der Waals surface area (Å²) in [6.45, 7) is 1.59. The molecule has 6 heteroatoms. The molecule has 1 aliphatic heterocycles. The third-order valence-electron chi connectivity index (χ3n) is 4.82. The van der Waals surface area contributed by atoms with Crippen LogP contribution in [0.25, 0.3) is 11.1 Å². The average Bonchev–Trinajstić information content (AvgIpc) is 2.72. The van der Waals surface area contributed by atoms with Gasteiger partial charge in [-0.1, -0.05) is 30.3 Å². The number of hydrogen-bond acceptors (Lipinski definition) is 5. The number of carbonyl (C=O) groups excluding carboxylic acids is 2. The van der Waals surface area contributed by atoms with Gasteiger partial charge in [-0.15, -0.1) is 0 Å². The van der Waals surface area contributed by atoms with Crippen LogP contribution < -0.4 is 10.6 Å². The molecule has 1 aliphatic rings. The maximum absolute atomic E-state index is 12.4. The second kappa shape index (κ2) is 8.33. The van der Waals surface area contributed by atoms with Gasteiger partial charge in [0, 0.05) is 18.7 Å². The van der Waals surface area contributed by atoms with Crippen molar-refractivity contribution in [2.45, 2.75) is 18.4 Å². The molecule has 3 N–H and O–H groups in total. The maximum atomic E-state index is 12.4. The van der Waals surface area contributed by atoms with Gasteiger partial charge in [-0.25, -0.2) is 4.79 Å². The molecular formula is C21H24N2O4. The van der Waals surface area contributed by atoms with Gasteiger partial charge in [0.05, 0.1) is 18.3 Å². The van der Waals surface area contributed by atoms with E-state index in [4.69, 9.17) is 4.74 Å². The summed E-state index contributed by atoms with van der Waals surface area (Å²) >= 11 is 0. The monoisotopic (exact) mass is 368 g/mol. The van der Waals surface area contributed by atoms with Gasteiger partial charge in [0.15, 0.2) is 0 Å². The number of methoxy groups -OCH3 is 1. The smallest absolute Gasteiger partial charge is 0.338 e. The Bertz CT molecular complexity index is 811. The minimum atomic E-state index is -0.896. The fraction of sp³-hybridized carbons (Fsp3) is 0.333. The summed E-state index contributed by atoms with van der Waals surface area (Å²) in [5.74, 6) is -0.636. The molecule has 1 fully saturated rings. The Hall–Kier alpha value is -2.70. The first-order chi connectivity index (χ1) is 13.0. The van der Waals surface area contributed by atoms with Crippen molar-refractivity contribution in [1.29, 1.82) is 0 Å². The summed E-state index contributed by atoms with van der Waals surface area (Å²) < 4.78 is 4.83. The number of β-amino-alcohol motifs (C(OH)–C–C–N with tert-alkyl or cyclic N) is 1. The van der Waals surface area contributed by atoms with Crippen molar-refractivity contribution in [3.63, 3.8) is 0 Å². The zero-order chi connectivity index (χ0) is 19.3. The number of rotatable bonds is 5. The van der Waals surface area contributed by atoms with Gasteiger partial charge >= 0.3 is 5.97 Å². The van der Waals surface area contributed by atoms with Crippen LogP contribution in [0.2, 0.25) is 0 Å². The highest BCUT2D eigenvalue weighted by Crippen LogP contribution is 2.24. The second-order valence-electron chi connectivity index (χ2n) is 6.80. The number of aliphatic hydroxyl groups is 1. The second-order valence-corrected chi connectivity index (χ2v) is 6.80. The van der Waals surface area contributed by atoms with Crippen molar-refractivity contribution in [2.24, 2.45) is 0 Å². The fourth-order valence-electron chi connectivity index (χ4n) is 3.27. The van der Waals surface area contributed by atoms with Crippen LogP contribution in [0.4, 0.5) is 0 Å². The van der Waals surface area contributed by atoms with Crippen LogP contribution in [0.3, 0.4) is 0 Å². The number of carbonyl (C=O) groups is 2. The molecule has 1 amide bonds. The lowest BCUT2D eigenvalue weighted by atomic mass is 9.94. The third-order valence-corrected chi connectivity index (χ3v) is 4.82. The van der Waals surface area contributed by atoms with Gasteiger partial charge in [-0.2, -0.15) is 0 Å². The topological polar surface area (TPSA) is 87.7 Å². The predicted molar refractivity (Wildman–Crippen MR) is 103 cm³/mol. The molecule has 0 aliphatic carbocycles. The fourth-order valence-corrected chi connectivity index (χ4v) is 3.27. The first-order valence-corrected chi connectivity index (χ1v) is 9.01. The van der Waals surface area contributed by atoms with Gasteiger partial charge < -0.3 is 20.5 Å². The van der Waals surface area contributed by atoms with Crippen molar-refractivity contribution in [1.82, 2.24) is 10.6 Å². The molecule has 1 atom stereocenters. The number of hydrogen-bond donors (Lipinski definition) is 3. The van der Waals surface area contributed by atoms with E-state index in [-0.39, 0.29) is 12.5 Å². The normalized spacial score (nSPS) is 19.3. The van der Waals surface area contributed by atoms with Crippen molar-refractivity contribution < 1.29 is 19.4 Å². The number of esters is 1. The van der Waals surface area contributed by atoms with Crippen molar-refractivity contribution >= 4 is 11.9 Å². The van der Waals surface area contributed by atoms with E-state index in [0.717, 1.165) is 24.1 Å². The molecule has 6 nitrogen and oxygen atoms in total. The average molecular weight is 368 g/mol. The Kier molecular flexibility index (Phi) is 5.88. The minimum absolute atomic E-state index is 0.214. The van der Waals surface area contributed by atoms with Gasteiger partial charge in [0.25, 0.3) is 5.91 Å². The van der Waals surface area contributed by atoms with E-state index in [1.165, 1.54) is 7.11 Å². The first kappa shape index (κ1) is 19.1. The molecule has 1 heterocycles. The van der Waals surface area contributed by atoms with Crippen LogP contribution in [0.5, 0.6) is 0 Å². The number of amides is 1. The summed E-state index contributed by atoms with van der Waals surface area (Å²) in [6.07, 6.45) is 1.56. The third kappa shape index (κ3) is 4.53. The van der Waals surface area contributed by atoms with Gasteiger partial charge in [0.1, 0.15) is 0 Å². The first-order valence-electron chi connectivity index (χ1n) is 9.01. The van der Waals surface area contributed by atoms with Crippen LogP contribution in [0.1, 0.15) is 33.6 Å². The standard InChI is InChI=1S/C21H24N2O4/c1-27-20(25)18-6-3-2-5-17(18)15-7-9-16(10-8-15)19(24)23-14-21(26)11-4-12-22-13-21/h2-3,5-10,22,26H,4,11-14H2,1H3,(H,23,24)/t21-/m0/s1. The highest BCUT2D eigenvalue weighted by atomic mass is 16.5. The van der Waals surface area contributed by atoms with Crippen LogP contribution >= 0.6 is 0 Å². The molecule has 27 heavy (non-hydrogen) atoms. The molecule has 0 radical (unpaired) electrons. The van der Waals surface area contributed by atoms with Crippen LogP contribution in [0.15, 0.2) is 48.5 Å². The summed E-state index contributed by atoms with van der Waals surface area (Å²) in [5.41, 5.74) is 1.65. The molecule has 0 aromatic heterocycles. The summed E-state index contributed by atoms with van der Waals surface area (Å²) in [5, 5.41) is 16.4. The number of nitrogens with one attached hydrogen (secondary N) is 2. The number of ether oxygens (including phenoxy) is 1. The molecule has 3 rings (SSSR count). The van der Waals surface area contributed by atoms with Gasteiger partial charge in [-0.3, -0.25) is 4.79 Å². The number of benzene rings is 2. The van der Waals surface area contributed by atoms with Crippen molar-refractivity contribution in [3.05, 3.63) is 59.7 Å². The number of piperidine rings is 1. The zero-order valence-electron chi connectivity index (χ0n) is 15.3. The van der Waals surface area contributed by atoms with E-state index in [0.29, 0.717) is 24.1 Å². The Morgan fingerprint density at radius 3 is 2.59 bits per heavy atom. The summed E-state index contributed by atoms with van der Waals surface area (Å²) in [4.78, 5) is 24.3. The van der Waals surface area contributed by atoms with E-state index in [9.17, 15) is 14.7 Å². The van der Waals surface area contributed by atoms with E-state index >= 15 is 0 Å². The quantitative estimate of drug-likeness (QED) is 0.703. The largest absolute Gasteiger partial charge is 0.465 e. The molecular weight excluding hydrogens is 344 g/mol. The molecule has 2 aromatic rings. The SMILES string of the molecule is COC(=O)c1ccccc1-c1ccc(C(=O)NC[C@]2(O)CCCNC2)cc1. The predicted octanol–water partition coefficient (Wildman–Crippen LogP) is 1.98. The summed E-state index contributed by atoms with van der Waals surface area (Å²) in [6, 6.07) is 14.2.